The van der Waals surface area contributed by atoms with Gasteiger partial charge in [0.25, 0.3) is 0 Å². The van der Waals surface area contributed by atoms with Crippen LogP contribution in [-0.2, 0) is 4.79 Å². The van der Waals surface area contributed by atoms with Crippen molar-refractivity contribution in [3.05, 3.63) is 42.2 Å². The summed E-state index contributed by atoms with van der Waals surface area (Å²) in [6.07, 6.45) is 4.07. The van der Waals surface area contributed by atoms with E-state index < -0.39 is 5.97 Å². The fraction of sp³-hybridized carbons (Fsp3) is 0.231. The SMILES string of the molecule is NC(CCC(=O)O)c1ccc2cnccc2c1. The molecule has 3 N–H and O–H groups in total. The first-order valence-corrected chi connectivity index (χ1v) is 5.48. The fourth-order valence-corrected chi connectivity index (χ4v) is 1.78. The van der Waals surface area contributed by atoms with Gasteiger partial charge >= 0.3 is 5.97 Å². The van der Waals surface area contributed by atoms with E-state index in [1.54, 1.807) is 12.4 Å². The molecule has 1 heterocycles. The van der Waals surface area contributed by atoms with Gasteiger partial charge in [-0.3, -0.25) is 9.78 Å². The molecule has 17 heavy (non-hydrogen) atoms. The van der Waals surface area contributed by atoms with E-state index in [-0.39, 0.29) is 12.5 Å². The number of pyridine rings is 1. The molecule has 0 saturated carbocycles. The molecule has 4 nitrogen and oxygen atoms in total. The molecule has 0 aliphatic heterocycles. The first-order chi connectivity index (χ1) is 8.16. The highest BCUT2D eigenvalue weighted by Crippen LogP contribution is 2.21. The summed E-state index contributed by atoms with van der Waals surface area (Å²) >= 11 is 0. The van der Waals surface area contributed by atoms with Crippen molar-refractivity contribution >= 4 is 16.7 Å². The van der Waals surface area contributed by atoms with E-state index in [4.69, 9.17) is 10.8 Å². The Hall–Kier alpha value is -1.94. The first-order valence-electron chi connectivity index (χ1n) is 5.48. The summed E-state index contributed by atoms with van der Waals surface area (Å²) < 4.78 is 0. The molecule has 2 aromatic rings. The topological polar surface area (TPSA) is 76.2 Å². The van der Waals surface area contributed by atoms with E-state index in [1.165, 1.54) is 0 Å². The third kappa shape index (κ3) is 2.79. The van der Waals surface area contributed by atoms with Crippen molar-refractivity contribution in [1.82, 2.24) is 4.98 Å². The molecular formula is C13H14N2O2. The third-order valence-electron chi connectivity index (χ3n) is 2.76. The van der Waals surface area contributed by atoms with Crippen LogP contribution in [0.15, 0.2) is 36.7 Å². The van der Waals surface area contributed by atoms with Crippen LogP contribution in [-0.4, -0.2) is 16.1 Å². The number of hydrogen-bond acceptors (Lipinski definition) is 3. The van der Waals surface area contributed by atoms with Crippen LogP contribution in [0.1, 0.15) is 24.4 Å². The number of benzene rings is 1. The molecule has 0 saturated heterocycles. The van der Waals surface area contributed by atoms with Gasteiger partial charge in [0.05, 0.1) is 0 Å². The van der Waals surface area contributed by atoms with Crippen LogP contribution >= 0.6 is 0 Å². The molecule has 4 heteroatoms. The summed E-state index contributed by atoms with van der Waals surface area (Å²) in [5, 5.41) is 10.7. The summed E-state index contributed by atoms with van der Waals surface area (Å²) in [5.74, 6) is -0.814. The van der Waals surface area contributed by atoms with E-state index in [1.807, 2.05) is 24.3 Å². The van der Waals surface area contributed by atoms with Crippen LogP contribution in [0.4, 0.5) is 0 Å². The van der Waals surface area contributed by atoms with Gasteiger partial charge in [0.15, 0.2) is 0 Å². The number of hydrogen-bond donors (Lipinski definition) is 2. The first kappa shape index (κ1) is 11.5. The van der Waals surface area contributed by atoms with E-state index in [0.717, 1.165) is 16.3 Å². The standard InChI is InChI=1S/C13H14N2O2/c14-12(3-4-13(16)17)10-1-2-11-8-15-6-5-9(11)7-10/h1-2,5-8,12H,3-4,14H2,(H,16,17). The molecule has 0 aliphatic rings. The van der Waals surface area contributed by atoms with Crippen LogP contribution in [0, 0.1) is 0 Å². The smallest absolute Gasteiger partial charge is 0.303 e. The Balaban J connectivity index is 2.20. The highest BCUT2D eigenvalue weighted by Gasteiger charge is 2.08. The highest BCUT2D eigenvalue weighted by atomic mass is 16.4. The Morgan fingerprint density at radius 3 is 2.94 bits per heavy atom. The van der Waals surface area contributed by atoms with E-state index in [9.17, 15) is 4.79 Å². The molecule has 0 spiro atoms. The van der Waals surface area contributed by atoms with Crippen LogP contribution in [0.3, 0.4) is 0 Å². The molecule has 88 valence electrons. The molecule has 1 atom stereocenters. The number of carboxylic acids is 1. The van der Waals surface area contributed by atoms with Crippen molar-refractivity contribution in [2.45, 2.75) is 18.9 Å². The fourth-order valence-electron chi connectivity index (χ4n) is 1.78. The lowest BCUT2D eigenvalue weighted by atomic mass is 10.0. The average molecular weight is 230 g/mol. The lowest BCUT2D eigenvalue weighted by Crippen LogP contribution is -2.12. The molecule has 0 fully saturated rings. The van der Waals surface area contributed by atoms with Crippen LogP contribution < -0.4 is 5.73 Å². The zero-order valence-electron chi connectivity index (χ0n) is 9.34. The predicted molar refractivity (Wildman–Crippen MR) is 65.5 cm³/mol. The number of nitrogens with two attached hydrogens (primary N) is 1. The second-order valence-corrected chi connectivity index (χ2v) is 4.02. The maximum atomic E-state index is 10.5. The maximum Gasteiger partial charge on any atom is 0.303 e. The zero-order valence-corrected chi connectivity index (χ0v) is 9.34. The zero-order chi connectivity index (χ0) is 12.3. The molecule has 1 aromatic carbocycles. The minimum atomic E-state index is -0.814. The van der Waals surface area contributed by atoms with Gasteiger partial charge in [-0.1, -0.05) is 12.1 Å². The van der Waals surface area contributed by atoms with Gasteiger partial charge in [0.2, 0.25) is 0 Å². The van der Waals surface area contributed by atoms with Gasteiger partial charge in [0.1, 0.15) is 0 Å². The molecule has 1 unspecified atom stereocenters. The van der Waals surface area contributed by atoms with Gasteiger partial charge < -0.3 is 10.8 Å². The lowest BCUT2D eigenvalue weighted by molar-refractivity contribution is -0.137. The monoisotopic (exact) mass is 230 g/mol. The normalized spacial score (nSPS) is 12.5. The number of nitrogens with zero attached hydrogens (tertiary/aromatic N) is 1. The summed E-state index contributed by atoms with van der Waals surface area (Å²) in [7, 11) is 0. The molecular weight excluding hydrogens is 216 g/mol. The molecule has 0 amide bonds. The summed E-state index contributed by atoms with van der Waals surface area (Å²) in [6, 6.07) is 7.56. The number of aliphatic carboxylic acids is 1. The maximum absolute atomic E-state index is 10.5. The number of fused-ring (bicyclic) bond motifs is 1. The van der Waals surface area contributed by atoms with Gasteiger partial charge in [-0.05, 0) is 29.5 Å². The molecule has 0 bridgehead atoms. The summed E-state index contributed by atoms with van der Waals surface area (Å²) in [6.45, 7) is 0. The van der Waals surface area contributed by atoms with Crippen LogP contribution in [0.2, 0.25) is 0 Å². The second kappa shape index (κ2) is 4.93. The van der Waals surface area contributed by atoms with Crippen molar-refractivity contribution in [1.29, 1.82) is 0 Å². The van der Waals surface area contributed by atoms with Crippen molar-refractivity contribution in [3.8, 4) is 0 Å². The highest BCUT2D eigenvalue weighted by molar-refractivity contribution is 5.82. The Labute approximate surface area is 99.1 Å². The number of rotatable bonds is 4. The molecule has 0 radical (unpaired) electrons. The third-order valence-corrected chi connectivity index (χ3v) is 2.76. The van der Waals surface area contributed by atoms with E-state index in [0.29, 0.717) is 6.42 Å². The Bertz CT molecular complexity index is 540. The van der Waals surface area contributed by atoms with Crippen molar-refractivity contribution < 1.29 is 9.90 Å². The van der Waals surface area contributed by atoms with Gasteiger partial charge in [-0.2, -0.15) is 0 Å². The van der Waals surface area contributed by atoms with E-state index >= 15 is 0 Å². The van der Waals surface area contributed by atoms with Gasteiger partial charge in [-0.15, -0.1) is 0 Å². The van der Waals surface area contributed by atoms with Crippen molar-refractivity contribution in [2.24, 2.45) is 5.73 Å². The average Bonchev–Trinajstić information content (AvgIpc) is 2.35. The second-order valence-electron chi connectivity index (χ2n) is 4.02. The van der Waals surface area contributed by atoms with Crippen LogP contribution in [0.25, 0.3) is 10.8 Å². The molecule has 0 aliphatic carbocycles. The molecule has 1 aromatic heterocycles. The number of carbonyl (C=O) groups is 1. The lowest BCUT2D eigenvalue weighted by Gasteiger charge is -2.11. The van der Waals surface area contributed by atoms with Crippen LogP contribution in [0.5, 0.6) is 0 Å². The Morgan fingerprint density at radius 2 is 2.18 bits per heavy atom. The predicted octanol–water partition coefficient (Wildman–Crippen LogP) is 2.10. The van der Waals surface area contributed by atoms with Gasteiger partial charge in [-0.25, -0.2) is 0 Å². The Morgan fingerprint density at radius 1 is 1.35 bits per heavy atom. The van der Waals surface area contributed by atoms with E-state index in [2.05, 4.69) is 4.98 Å². The largest absolute Gasteiger partial charge is 0.481 e. The Kier molecular flexibility index (Phi) is 3.35. The number of aromatic nitrogens is 1. The van der Waals surface area contributed by atoms with Crippen molar-refractivity contribution in [2.75, 3.05) is 0 Å². The summed E-state index contributed by atoms with van der Waals surface area (Å²) in [5.41, 5.74) is 6.92. The summed E-state index contributed by atoms with van der Waals surface area (Å²) in [4.78, 5) is 14.5. The number of carboxylic acid groups (broad SMARTS) is 1. The minimum Gasteiger partial charge on any atom is -0.481 e. The molecule has 2 rings (SSSR count). The minimum absolute atomic E-state index is 0.0928. The van der Waals surface area contributed by atoms with Crippen molar-refractivity contribution in [3.63, 3.8) is 0 Å². The quantitative estimate of drug-likeness (QED) is 0.843. The van der Waals surface area contributed by atoms with Gasteiger partial charge in [0, 0.05) is 30.2 Å².